The van der Waals surface area contributed by atoms with Gasteiger partial charge in [-0.15, -0.1) is 0 Å². The SMILES string of the molecule is O=C(NCC1CCC2(CCN(Cc3cccc(Cl)c3)CC2)O1)c1ccccc1. The first-order valence-corrected chi connectivity index (χ1v) is 10.5. The van der Waals surface area contributed by atoms with Gasteiger partial charge in [-0.05, 0) is 55.5 Å². The summed E-state index contributed by atoms with van der Waals surface area (Å²) in [5.74, 6) is -0.0264. The van der Waals surface area contributed by atoms with Gasteiger partial charge in [0.05, 0.1) is 11.7 Å². The van der Waals surface area contributed by atoms with Gasteiger partial charge in [0.2, 0.25) is 0 Å². The van der Waals surface area contributed by atoms with Crippen molar-refractivity contribution in [2.75, 3.05) is 19.6 Å². The molecule has 2 aliphatic heterocycles. The summed E-state index contributed by atoms with van der Waals surface area (Å²) in [6.45, 7) is 3.60. The van der Waals surface area contributed by atoms with Gasteiger partial charge in [-0.1, -0.05) is 41.9 Å². The molecular formula is C23H27ClN2O2. The minimum Gasteiger partial charge on any atom is -0.370 e. The summed E-state index contributed by atoms with van der Waals surface area (Å²) >= 11 is 6.10. The quantitative estimate of drug-likeness (QED) is 0.817. The molecule has 2 aromatic rings. The predicted molar refractivity (Wildman–Crippen MR) is 112 cm³/mol. The molecule has 0 saturated carbocycles. The average Bonchev–Trinajstić information content (AvgIpc) is 3.11. The van der Waals surface area contributed by atoms with Crippen LogP contribution in [0.1, 0.15) is 41.6 Å². The van der Waals surface area contributed by atoms with Crippen LogP contribution in [0, 0.1) is 0 Å². The van der Waals surface area contributed by atoms with E-state index in [9.17, 15) is 4.79 Å². The summed E-state index contributed by atoms with van der Waals surface area (Å²) < 4.78 is 6.43. The van der Waals surface area contributed by atoms with Crippen LogP contribution in [0.25, 0.3) is 0 Å². The van der Waals surface area contributed by atoms with E-state index in [2.05, 4.69) is 16.3 Å². The fourth-order valence-electron chi connectivity index (χ4n) is 4.32. The Morgan fingerprint density at radius 2 is 1.89 bits per heavy atom. The van der Waals surface area contributed by atoms with Crippen LogP contribution in [0.15, 0.2) is 54.6 Å². The van der Waals surface area contributed by atoms with E-state index in [1.807, 2.05) is 48.5 Å². The summed E-state index contributed by atoms with van der Waals surface area (Å²) in [4.78, 5) is 14.7. The van der Waals surface area contributed by atoms with Crippen LogP contribution >= 0.6 is 11.6 Å². The van der Waals surface area contributed by atoms with Crippen LogP contribution in [0.5, 0.6) is 0 Å². The van der Waals surface area contributed by atoms with E-state index >= 15 is 0 Å². The van der Waals surface area contributed by atoms with Crippen LogP contribution in [-0.4, -0.2) is 42.1 Å². The standard InChI is InChI=1S/C23H27ClN2O2/c24-20-8-4-5-18(15-20)17-26-13-11-23(12-14-26)10-9-21(28-23)16-25-22(27)19-6-2-1-3-7-19/h1-8,15,21H,9-14,16-17H2,(H,25,27). The van der Waals surface area contributed by atoms with Crippen molar-refractivity contribution in [2.45, 2.75) is 43.9 Å². The van der Waals surface area contributed by atoms with Crippen molar-refractivity contribution in [1.29, 1.82) is 0 Å². The molecule has 1 N–H and O–H groups in total. The van der Waals surface area contributed by atoms with Crippen molar-refractivity contribution >= 4 is 17.5 Å². The predicted octanol–water partition coefficient (Wildman–Crippen LogP) is 4.28. The van der Waals surface area contributed by atoms with Gasteiger partial charge in [-0.25, -0.2) is 0 Å². The molecule has 0 aromatic heterocycles. The normalized spacial score (nSPS) is 21.7. The molecule has 1 atom stereocenters. The number of halogens is 1. The van der Waals surface area contributed by atoms with Crippen molar-refractivity contribution in [2.24, 2.45) is 0 Å². The number of likely N-dealkylation sites (tertiary alicyclic amines) is 1. The zero-order valence-corrected chi connectivity index (χ0v) is 16.8. The second-order valence-corrected chi connectivity index (χ2v) is 8.38. The maximum absolute atomic E-state index is 12.2. The van der Waals surface area contributed by atoms with E-state index in [4.69, 9.17) is 16.3 Å². The lowest BCUT2D eigenvalue weighted by atomic mass is 9.88. The van der Waals surface area contributed by atoms with E-state index in [1.54, 1.807) is 0 Å². The molecule has 1 unspecified atom stereocenters. The average molecular weight is 399 g/mol. The molecule has 0 bridgehead atoms. The number of nitrogens with zero attached hydrogens (tertiary/aromatic N) is 1. The summed E-state index contributed by atoms with van der Waals surface area (Å²) in [6.07, 6.45) is 4.33. The molecule has 1 spiro atoms. The fraction of sp³-hybridized carbons (Fsp3) is 0.435. The molecule has 148 valence electrons. The highest BCUT2D eigenvalue weighted by Crippen LogP contribution is 2.39. The second kappa shape index (κ2) is 8.64. The van der Waals surface area contributed by atoms with Crippen molar-refractivity contribution in [1.82, 2.24) is 10.2 Å². The van der Waals surface area contributed by atoms with Gasteiger partial charge >= 0.3 is 0 Å². The van der Waals surface area contributed by atoms with Crippen LogP contribution in [0.2, 0.25) is 5.02 Å². The van der Waals surface area contributed by atoms with E-state index in [0.29, 0.717) is 12.1 Å². The number of piperidine rings is 1. The lowest BCUT2D eigenvalue weighted by molar-refractivity contribution is -0.0764. The Morgan fingerprint density at radius 3 is 2.64 bits per heavy atom. The Balaban J connectivity index is 1.23. The number of hydrogen-bond acceptors (Lipinski definition) is 3. The molecule has 5 heteroatoms. The first kappa shape index (κ1) is 19.4. The van der Waals surface area contributed by atoms with Crippen LogP contribution < -0.4 is 5.32 Å². The van der Waals surface area contributed by atoms with Gasteiger partial charge < -0.3 is 10.1 Å². The van der Waals surface area contributed by atoms with Gasteiger partial charge in [0.1, 0.15) is 0 Å². The molecule has 0 radical (unpaired) electrons. The molecule has 2 fully saturated rings. The molecule has 2 aromatic carbocycles. The molecule has 0 aliphatic carbocycles. The van der Waals surface area contributed by atoms with E-state index in [0.717, 1.165) is 50.3 Å². The third kappa shape index (κ3) is 4.75. The topological polar surface area (TPSA) is 41.6 Å². The van der Waals surface area contributed by atoms with Gasteiger partial charge in [0, 0.05) is 36.8 Å². The van der Waals surface area contributed by atoms with Crippen LogP contribution in [-0.2, 0) is 11.3 Å². The Bertz CT molecular complexity index is 803. The number of rotatable bonds is 5. The largest absolute Gasteiger partial charge is 0.370 e. The Morgan fingerprint density at radius 1 is 1.11 bits per heavy atom. The Labute approximate surface area is 171 Å². The first-order valence-electron chi connectivity index (χ1n) is 10.1. The first-order chi connectivity index (χ1) is 13.6. The number of amides is 1. The zero-order chi connectivity index (χ0) is 19.4. The molecule has 2 saturated heterocycles. The number of nitrogens with one attached hydrogen (secondary N) is 1. The third-order valence-corrected chi connectivity index (χ3v) is 6.16. The van der Waals surface area contributed by atoms with E-state index in [1.165, 1.54) is 5.56 Å². The lowest BCUT2D eigenvalue weighted by Gasteiger charge is -2.39. The Hall–Kier alpha value is -1.88. The molecule has 4 nitrogen and oxygen atoms in total. The third-order valence-electron chi connectivity index (χ3n) is 5.93. The molecule has 2 heterocycles. The van der Waals surface area contributed by atoms with Crippen LogP contribution in [0.4, 0.5) is 0 Å². The summed E-state index contributed by atoms with van der Waals surface area (Å²) in [6, 6.07) is 17.5. The fourth-order valence-corrected chi connectivity index (χ4v) is 4.53. The molecule has 4 rings (SSSR count). The highest BCUT2D eigenvalue weighted by Gasteiger charge is 2.42. The number of carbonyl (C=O) groups excluding carboxylic acids is 1. The van der Waals surface area contributed by atoms with Crippen LogP contribution in [0.3, 0.4) is 0 Å². The number of hydrogen-bond donors (Lipinski definition) is 1. The van der Waals surface area contributed by atoms with E-state index in [-0.39, 0.29) is 17.6 Å². The number of benzene rings is 2. The van der Waals surface area contributed by atoms with Crippen molar-refractivity contribution in [3.63, 3.8) is 0 Å². The van der Waals surface area contributed by atoms with E-state index < -0.39 is 0 Å². The van der Waals surface area contributed by atoms with Crippen molar-refractivity contribution in [3.05, 3.63) is 70.7 Å². The smallest absolute Gasteiger partial charge is 0.251 e. The van der Waals surface area contributed by atoms with Gasteiger partial charge in [0.15, 0.2) is 0 Å². The summed E-state index contributed by atoms with van der Waals surface area (Å²) in [5, 5.41) is 3.82. The maximum atomic E-state index is 12.2. The highest BCUT2D eigenvalue weighted by atomic mass is 35.5. The second-order valence-electron chi connectivity index (χ2n) is 7.94. The van der Waals surface area contributed by atoms with Gasteiger partial charge in [-0.3, -0.25) is 9.69 Å². The monoisotopic (exact) mass is 398 g/mol. The maximum Gasteiger partial charge on any atom is 0.251 e. The molecule has 2 aliphatic rings. The Kier molecular flexibility index (Phi) is 6.00. The highest BCUT2D eigenvalue weighted by molar-refractivity contribution is 6.30. The zero-order valence-electron chi connectivity index (χ0n) is 16.1. The molecular weight excluding hydrogens is 372 g/mol. The number of ether oxygens (including phenoxy) is 1. The lowest BCUT2D eigenvalue weighted by Crippen LogP contribution is -2.44. The van der Waals surface area contributed by atoms with Crippen molar-refractivity contribution in [3.8, 4) is 0 Å². The summed E-state index contributed by atoms with van der Waals surface area (Å²) in [7, 11) is 0. The van der Waals surface area contributed by atoms with Gasteiger partial charge in [-0.2, -0.15) is 0 Å². The van der Waals surface area contributed by atoms with Gasteiger partial charge in [0.25, 0.3) is 5.91 Å². The van der Waals surface area contributed by atoms with Crippen molar-refractivity contribution < 1.29 is 9.53 Å². The molecule has 28 heavy (non-hydrogen) atoms. The summed E-state index contributed by atoms with van der Waals surface area (Å²) in [5.41, 5.74) is 1.95. The number of carbonyl (C=O) groups is 1. The minimum atomic E-state index is -0.0264. The minimum absolute atomic E-state index is 0.00697. The molecule has 1 amide bonds.